The van der Waals surface area contributed by atoms with Gasteiger partial charge >= 0.3 is 0 Å². The van der Waals surface area contributed by atoms with Crippen molar-refractivity contribution in [2.45, 2.75) is 11.7 Å². The van der Waals surface area contributed by atoms with Crippen LogP contribution in [0, 0.1) is 11.8 Å². The van der Waals surface area contributed by atoms with Gasteiger partial charge in [0.2, 0.25) is 0 Å². The Labute approximate surface area is 59.3 Å². The number of fused-ring (bicyclic) bond motifs is 1. The first-order valence-electron chi connectivity index (χ1n) is 3.33. The Morgan fingerprint density at radius 2 is 2.10 bits per heavy atom. The second-order valence-electron chi connectivity index (χ2n) is 3.00. The summed E-state index contributed by atoms with van der Waals surface area (Å²) >= 11 is 0. The van der Waals surface area contributed by atoms with Gasteiger partial charge in [-0.15, -0.1) is 0 Å². The van der Waals surface area contributed by atoms with Crippen LogP contribution in [0.15, 0.2) is 0 Å². The lowest BCUT2D eigenvalue weighted by atomic mass is 10.3. The second-order valence-corrected chi connectivity index (χ2v) is 5.28. The molecule has 0 amide bonds. The fraction of sp³-hybridized carbons (Fsp3) is 0.833. The minimum atomic E-state index is -2.84. The Morgan fingerprint density at radius 3 is 2.40 bits per heavy atom. The summed E-state index contributed by atoms with van der Waals surface area (Å²) < 4.78 is 22.0. The van der Waals surface area contributed by atoms with Crippen LogP contribution in [0.2, 0.25) is 0 Å². The molecule has 10 heavy (non-hydrogen) atoms. The molecule has 1 saturated heterocycles. The summed E-state index contributed by atoms with van der Waals surface area (Å²) in [6, 6.07) is 0. The van der Waals surface area contributed by atoms with Crippen molar-refractivity contribution < 1.29 is 13.2 Å². The van der Waals surface area contributed by atoms with Gasteiger partial charge in [-0.1, -0.05) is 0 Å². The van der Waals surface area contributed by atoms with Gasteiger partial charge in [-0.2, -0.15) is 0 Å². The lowest BCUT2D eigenvalue weighted by Crippen LogP contribution is -2.09. The molecule has 1 saturated carbocycles. The van der Waals surface area contributed by atoms with E-state index in [1.54, 1.807) is 0 Å². The Kier molecular flexibility index (Phi) is 1.02. The quantitative estimate of drug-likeness (QED) is 0.491. The van der Waals surface area contributed by atoms with Crippen LogP contribution in [0.1, 0.15) is 6.42 Å². The minimum absolute atomic E-state index is 0.154. The SMILES string of the molecule is O=CC1[C@H]2CCS(=O)(=O)[C@@H]12. The van der Waals surface area contributed by atoms with E-state index in [-0.39, 0.29) is 17.1 Å². The molecule has 56 valence electrons. The predicted octanol–water partition coefficient (Wildman–Crippen LogP) is -0.382. The minimum Gasteiger partial charge on any atom is -0.303 e. The molecule has 1 heterocycles. The zero-order chi connectivity index (χ0) is 7.35. The largest absolute Gasteiger partial charge is 0.303 e. The van der Waals surface area contributed by atoms with Crippen LogP contribution in [-0.2, 0) is 14.6 Å². The van der Waals surface area contributed by atoms with Gasteiger partial charge in [0.1, 0.15) is 6.29 Å². The van der Waals surface area contributed by atoms with Crippen LogP contribution < -0.4 is 0 Å². The van der Waals surface area contributed by atoms with E-state index < -0.39 is 9.84 Å². The molecule has 0 aromatic heterocycles. The fourth-order valence-corrected chi connectivity index (χ4v) is 4.22. The molecule has 2 aliphatic rings. The molecule has 3 nitrogen and oxygen atoms in total. The van der Waals surface area contributed by atoms with Crippen LogP contribution in [0.4, 0.5) is 0 Å². The van der Waals surface area contributed by atoms with Gasteiger partial charge in [0, 0.05) is 5.92 Å². The monoisotopic (exact) mass is 160 g/mol. The molecule has 2 fully saturated rings. The third-order valence-corrected chi connectivity index (χ3v) is 4.76. The van der Waals surface area contributed by atoms with E-state index >= 15 is 0 Å². The molecule has 0 radical (unpaired) electrons. The fourth-order valence-electron chi connectivity index (χ4n) is 1.84. The van der Waals surface area contributed by atoms with Gasteiger partial charge in [0.05, 0.1) is 11.0 Å². The Balaban J connectivity index is 2.30. The maximum Gasteiger partial charge on any atom is 0.154 e. The lowest BCUT2D eigenvalue weighted by molar-refractivity contribution is -0.109. The van der Waals surface area contributed by atoms with E-state index in [9.17, 15) is 13.2 Å². The topological polar surface area (TPSA) is 51.2 Å². The summed E-state index contributed by atoms with van der Waals surface area (Å²) in [7, 11) is -2.84. The van der Waals surface area contributed by atoms with Crippen molar-refractivity contribution >= 4 is 16.1 Å². The molecule has 0 aromatic carbocycles. The molecule has 0 bridgehead atoms. The van der Waals surface area contributed by atoms with Gasteiger partial charge < -0.3 is 4.79 Å². The third-order valence-electron chi connectivity index (χ3n) is 2.46. The second kappa shape index (κ2) is 1.61. The summed E-state index contributed by atoms with van der Waals surface area (Å²) in [5.41, 5.74) is 0. The van der Waals surface area contributed by atoms with E-state index in [1.807, 2.05) is 0 Å². The number of rotatable bonds is 1. The summed E-state index contributed by atoms with van der Waals surface area (Å²) in [6.07, 6.45) is 1.49. The first kappa shape index (κ1) is 6.34. The summed E-state index contributed by atoms with van der Waals surface area (Å²) in [6.45, 7) is 0. The van der Waals surface area contributed by atoms with Crippen LogP contribution in [0.25, 0.3) is 0 Å². The number of hydrogen-bond donors (Lipinski definition) is 0. The van der Waals surface area contributed by atoms with Crippen molar-refractivity contribution in [3.63, 3.8) is 0 Å². The summed E-state index contributed by atoms with van der Waals surface area (Å²) in [5, 5.41) is -0.287. The molecular formula is C6H8O3S. The van der Waals surface area contributed by atoms with Crippen molar-refractivity contribution in [2.24, 2.45) is 11.8 Å². The normalized spacial score (nSPS) is 48.2. The molecule has 0 aromatic rings. The number of hydrogen-bond acceptors (Lipinski definition) is 3. The Morgan fingerprint density at radius 1 is 1.40 bits per heavy atom. The molecule has 2 rings (SSSR count). The average molecular weight is 160 g/mol. The molecule has 1 aliphatic carbocycles. The van der Waals surface area contributed by atoms with E-state index in [0.29, 0.717) is 12.2 Å². The number of sulfone groups is 1. The lowest BCUT2D eigenvalue weighted by Gasteiger charge is -1.93. The van der Waals surface area contributed by atoms with Crippen LogP contribution >= 0.6 is 0 Å². The number of carbonyl (C=O) groups is 1. The maximum atomic E-state index is 11.0. The standard InChI is InChI=1S/C6H8O3S/c7-3-5-4-1-2-10(8,9)6(4)5/h3-6H,1-2H2/t4-,5?,6-/m1/s1. The smallest absolute Gasteiger partial charge is 0.154 e. The van der Waals surface area contributed by atoms with E-state index in [4.69, 9.17) is 0 Å². The van der Waals surface area contributed by atoms with Gasteiger partial charge in [-0.05, 0) is 12.3 Å². The number of aldehydes is 1. The highest BCUT2D eigenvalue weighted by molar-refractivity contribution is 7.92. The maximum absolute atomic E-state index is 11.0. The average Bonchev–Trinajstić information content (AvgIpc) is 2.50. The highest BCUT2D eigenvalue weighted by atomic mass is 32.2. The van der Waals surface area contributed by atoms with E-state index in [1.165, 1.54) is 0 Å². The zero-order valence-corrected chi connectivity index (χ0v) is 6.17. The molecular weight excluding hydrogens is 152 g/mol. The van der Waals surface area contributed by atoms with Crippen molar-refractivity contribution in [1.82, 2.24) is 0 Å². The number of carbonyl (C=O) groups excluding carboxylic acids is 1. The van der Waals surface area contributed by atoms with Gasteiger partial charge in [0.15, 0.2) is 9.84 Å². The molecule has 1 unspecified atom stereocenters. The summed E-state index contributed by atoms with van der Waals surface area (Å²) in [4.78, 5) is 10.2. The molecule has 3 atom stereocenters. The molecule has 1 aliphatic heterocycles. The van der Waals surface area contributed by atoms with Gasteiger partial charge in [-0.25, -0.2) is 8.42 Å². The van der Waals surface area contributed by atoms with Gasteiger partial charge in [-0.3, -0.25) is 0 Å². The van der Waals surface area contributed by atoms with Crippen LogP contribution in [-0.4, -0.2) is 25.7 Å². The Hall–Kier alpha value is -0.380. The first-order chi connectivity index (χ1) is 4.67. The zero-order valence-electron chi connectivity index (χ0n) is 5.36. The highest BCUT2D eigenvalue weighted by Gasteiger charge is 2.61. The molecule has 0 spiro atoms. The van der Waals surface area contributed by atoms with E-state index in [0.717, 1.165) is 6.29 Å². The van der Waals surface area contributed by atoms with Crippen molar-refractivity contribution in [1.29, 1.82) is 0 Å². The molecule has 4 heteroatoms. The predicted molar refractivity (Wildman–Crippen MR) is 35.2 cm³/mol. The summed E-state index contributed by atoms with van der Waals surface area (Å²) in [5.74, 6) is 0.327. The van der Waals surface area contributed by atoms with Crippen LogP contribution in [0.5, 0.6) is 0 Å². The van der Waals surface area contributed by atoms with Crippen molar-refractivity contribution in [3.8, 4) is 0 Å². The van der Waals surface area contributed by atoms with Gasteiger partial charge in [0.25, 0.3) is 0 Å². The molecule has 0 N–H and O–H groups in total. The van der Waals surface area contributed by atoms with Crippen molar-refractivity contribution in [2.75, 3.05) is 5.75 Å². The van der Waals surface area contributed by atoms with Crippen LogP contribution in [0.3, 0.4) is 0 Å². The first-order valence-corrected chi connectivity index (χ1v) is 5.05. The van der Waals surface area contributed by atoms with E-state index in [2.05, 4.69) is 0 Å². The highest BCUT2D eigenvalue weighted by Crippen LogP contribution is 2.51. The third kappa shape index (κ3) is 0.599. The van der Waals surface area contributed by atoms with Crippen molar-refractivity contribution in [3.05, 3.63) is 0 Å². The Bertz CT molecular complexity index is 267.